The first-order valence-electron chi connectivity index (χ1n) is 17.6. The summed E-state index contributed by atoms with van der Waals surface area (Å²) < 4.78 is 11.4. The van der Waals surface area contributed by atoms with Gasteiger partial charge in [-0.3, -0.25) is 9.59 Å². The Kier molecular flexibility index (Phi) is 8.40. The number of carbonyl (C=O) groups excluding carboxylic acids is 1. The van der Waals surface area contributed by atoms with Gasteiger partial charge in [-0.2, -0.15) is 0 Å². The van der Waals surface area contributed by atoms with Gasteiger partial charge in [-0.05, 0) is 106 Å². The molecule has 0 radical (unpaired) electrons. The monoisotopic (exact) mass is 664 g/mol. The molecule has 5 aliphatic carbocycles. The Morgan fingerprint density at radius 1 is 0.894 bits per heavy atom. The van der Waals surface area contributed by atoms with Crippen LogP contribution in [-0.2, 0) is 19.1 Å². The van der Waals surface area contributed by atoms with Crippen molar-refractivity contribution in [3.8, 4) is 0 Å². The van der Waals surface area contributed by atoms with Gasteiger partial charge in [0.15, 0.2) is 0 Å². The van der Waals surface area contributed by atoms with Crippen LogP contribution >= 0.6 is 0 Å². The van der Waals surface area contributed by atoms with E-state index in [0.29, 0.717) is 44.9 Å². The summed E-state index contributed by atoms with van der Waals surface area (Å²) in [6, 6.07) is 0. The second-order valence-electron chi connectivity index (χ2n) is 17.3. The molecular weight excluding hydrogens is 608 g/mol. The topological polar surface area (TPSA) is 194 Å². The number of carboxylic acid groups (broad SMARTS) is 1. The molecule has 0 aromatic heterocycles. The first-order valence-corrected chi connectivity index (χ1v) is 17.6. The van der Waals surface area contributed by atoms with Gasteiger partial charge in [-0.15, -0.1) is 0 Å². The quantitative estimate of drug-likeness (QED) is 0.172. The zero-order valence-corrected chi connectivity index (χ0v) is 28.7. The summed E-state index contributed by atoms with van der Waals surface area (Å²) in [4.78, 5) is 27.2. The number of esters is 1. The summed E-state index contributed by atoms with van der Waals surface area (Å²) >= 11 is 0. The minimum absolute atomic E-state index is 0.126. The normalized spacial score (nSPS) is 55.8. The number of ether oxygens (including phenoxy) is 2. The van der Waals surface area contributed by atoms with Crippen molar-refractivity contribution in [2.45, 2.75) is 142 Å². The van der Waals surface area contributed by atoms with E-state index in [1.165, 1.54) is 0 Å². The van der Waals surface area contributed by atoms with Crippen molar-refractivity contribution in [3.63, 3.8) is 0 Å². The molecule has 0 unspecified atom stereocenters. The van der Waals surface area contributed by atoms with Gasteiger partial charge in [-0.1, -0.05) is 39.3 Å². The van der Waals surface area contributed by atoms with Gasteiger partial charge in [0.25, 0.3) is 0 Å². The fraction of sp³-hybridized carbons (Fsp3) is 0.889. The van der Waals surface area contributed by atoms with E-state index in [9.17, 15) is 45.3 Å². The molecule has 6 rings (SSSR count). The van der Waals surface area contributed by atoms with E-state index < -0.39 is 83.1 Å². The second kappa shape index (κ2) is 11.2. The molecule has 6 aliphatic rings. The smallest absolute Gasteiger partial charge is 0.315 e. The molecule has 0 spiro atoms. The van der Waals surface area contributed by atoms with E-state index in [4.69, 9.17) is 9.47 Å². The van der Waals surface area contributed by atoms with Crippen molar-refractivity contribution in [1.29, 1.82) is 0 Å². The lowest BCUT2D eigenvalue weighted by molar-refractivity contribution is -0.299. The van der Waals surface area contributed by atoms with Crippen molar-refractivity contribution < 1.29 is 54.8 Å². The number of aliphatic hydroxyl groups excluding tert-OH is 5. The van der Waals surface area contributed by atoms with Crippen LogP contribution < -0.4 is 0 Å². The maximum atomic E-state index is 14.5. The lowest BCUT2D eigenvalue weighted by Gasteiger charge is -2.71. The number of rotatable bonds is 4. The van der Waals surface area contributed by atoms with Crippen LogP contribution in [0.4, 0.5) is 0 Å². The van der Waals surface area contributed by atoms with Crippen LogP contribution in [0.2, 0.25) is 0 Å². The summed E-state index contributed by atoms with van der Waals surface area (Å²) in [7, 11) is 0. The Bertz CT molecular complexity index is 1310. The lowest BCUT2D eigenvalue weighted by Crippen LogP contribution is -2.69. The van der Waals surface area contributed by atoms with Crippen molar-refractivity contribution in [2.24, 2.45) is 50.7 Å². The Morgan fingerprint density at radius 3 is 2.21 bits per heavy atom. The summed E-state index contributed by atoms with van der Waals surface area (Å²) in [5.74, 6) is -2.37. The Hall–Kier alpha value is -1.60. The van der Waals surface area contributed by atoms with Crippen LogP contribution in [0.3, 0.4) is 0 Å². The van der Waals surface area contributed by atoms with Gasteiger partial charge in [-0.25, -0.2) is 0 Å². The van der Waals surface area contributed by atoms with Crippen LogP contribution in [-0.4, -0.2) is 96.7 Å². The average molecular weight is 665 g/mol. The minimum Gasteiger partial charge on any atom is -0.481 e. The van der Waals surface area contributed by atoms with Crippen molar-refractivity contribution in [3.05, 3.63) is 11.6 Å². The number of carbonyl (C=O) groups is 2. The number of aliphatic carboxylic acids is 1. The van der Waals surface area contributed by atoms with Gasteiger partial charge in [0.2, 0.25) is 6.29 Å². The highest BCUT2D eigenvalue weighted by molar-refractivity contribution is 5.79. The van der Waals surface area contributed by atoms with Gasteiger partial charge in [0, 0.05) is 5.92 Å². The van der Waals surface area contributed by atoms with Crippen LogP contribution in [0.5, 0.6) is 0 Å². The Labute approximate surface area is 277 Å². The predicted octanol–water partition coefficient (Wildman–Crippen LogP) is 2.53. The van der Waals surface area contributed by atoms with Gasteiger partial charge >= 0.3 is 11.9 Å². The largest absolute Gasteiger partial charge is 0.481 e. The van der Waals surface area contributed by atoms with E-state index >= 15 is 0 Å². The first kappa shape index (κ1) is 35.2. The van der Waals surface area contributed by atoms with Crippen LogP contribution in [0.1, 0.15) is 99.3 Å². The third-order valence-electron chi connectivity index (χ3n) is 15.6. The number of hydrogen-bond acceptors (Lipinski definition) is 10. The number of aliphatic hydroxyl groups is 6. The standard InChI is InChI=1S/C36H56O11/c1-18-9-14-36(30(44)47-28-26(41)25(40)24(39)20(17-37)46-28)16-15-32(3)19(27(36)35(18,6)45)7-8-21-31(2)12-11-23(38)34(5,29(42)43)22(31)10-13-33(21,32)4/h7,18,20-28,37-41,45H,8-17H2,1-6H3,(H,42,43)/t18-,20+,21-,22-,23-,24+,25-,26-,27-,28-,31-,32-,33-,34-,35-,36+/m1/s1. The van der Waals surface area contributed by atoms with E-state index in [2.05, 4.69) is 26.8 Å². The molecule has 11 nitrogen and oxygen atoms in total. The maximum Gasteiger partial charge on any atom is 0.315 e. The minimum atomic E-state index is -1.72. The third kappa shape index (κ3) is 4.49. The van der Waals surface area contributed by atoms with Crippen LogP contribution in [0.15, 0.2) is 11.6 Å². The summed E-state index contributed by atoms with van der Waals surface area (Å²) in [5, 5.41) is 74.8. The highest BCUT2D eigenvalue weighted by atomic mass is 16.7. The van der Waals surface area contributed by atoms with E-state index in [0.717, 1.165) is 18.4 Å². The van der Waals surface area contributed by atoms with Gasteiger partial charge < -0.3 is 45.2 Å². The van der Waals surface area contributed by atoms with Crippen LogP contribution in [0.25, 0.3) is 0 Å². The molecule has 266 valence electrons. The molecule has 47 heavy (non-hydrogen) atoms. The lowest BCUT2D eigenvalue weighted by atomic mass is 9.33. The predicted molar refractivity (Wildman–Crippen MR) is 168 cm³/mol. The van der Waals surface area contributed by atoms with E-state index in [1.54, 1.807) is 13.8 Å². The zero-order valence-electron chi connectivity index (χ0n) is 28.7. The van der Waals surface area contributed by atoms with Crippen molar-refractivity contribution in [1.82, 2.24) is 0 Å². The number of carboxylic acids is 1. The number of fused-ring (bicyclic) bond motifs is 7. The fourth-order valence-corrected chi connectivity index (χ4v) is 12.2. The molecule has 0 aromatic carbocycles. The molecule has 16 atom stereocenters. The van der Waals surface area contributed by atoms with Gasteiger partial charge in [0.05, 0.1) is 29.1 Å². The SMILES string of the molecule is C[C@@H]1CC[C@]2(C(=O)O[C@H]3O[C@@H](CO)[C@H](O)[C@@H](O)[C@H]3O)CC[C@]3(C)C(=CC[C@@H]4[C@@]5(C)CC[C@@H](O)[C@](C)(C(=O)O)[C@@H]5CC[C@]43C)[C@@H]2[C@]1(C)O. The highest BCUT2D eigenvalue weighted by Gasteiger charge is 2.72. The number of allylic oxidation sites excluding steroid dienone is 1. The van der Waals surface area contributed by atoms with Crippen molar-refractivity contribution in [2.75, 3.05) is 6.61 Å². The third-order valence-corrected chi connectivity index (χ3v) is 15.6. The van der Waals surface area contributed by atoms with E-state index in [1.807, 2.05) is 6.92 Å². The Morgan fingerprint density at radius 2 is 1.57 bits per heavy atom. The molecule has 7 N–H and O–H groups in total. The number of hydrogen-bond donors (Lipinski definition) is 7. The molecule has 1 heterocycles. The molecule has 0 bridgehead atoms. The summed E-state index contributed by atoms with van der Waals surface area (Å²) in [6.45, 7) is 11.7. The molecule has 0 amide bonds. The fourth-order valence-electron chi connectivity index (χ4n) is 12.2. The molecule has 11 heteroatoms. The first-order chi connectivity index (χ1) is 21.8. The van der Waals surface area contributed by atoms with Crippen LogP contribution in [0, 0.1) is 50.7 Å². The molecule has 1 saturated heterocycles. The zero-order chi connectivity index (χ0) is 34.7. The Balaban J connectivity index is 1.39. The molecule has 5 fully saturated rings. The molecule has 4 saturated carbocycles. The van der Waals surface area contributed by atoms with Gasteiger partial charge in [0.1, 0.15) is 24.4 Å². The maximum absolute atomic E-state index is 14.5. The average Bonchev–Trinajstić information content (AvgIpc) is 3.01. The molecule has 1 aliphatic heterocycles. The molecular formula is C36H56O11. The highest BCUT2D eigenvalue weighted by Crippen LogP contribution is 2.76. The van der Waals surface area contributed by atoms with E-state index in [-0.39, 0.29) is 28.6 Å². The summed E-state index contributed by atoms with van der Waals surface area (Å²) in [6.07, 6.45) is -1.18. The second-order valence-corrected chi connectivity index (χ2v) is 17.3. The summed E-state index contributed by atoms with van der Waals surface area (Å²) in [5.41, 5.74) is -3.64. The van der Waals surface area contributed by atoms with Crippen molar-refractivity contribution >= 4 is 11.9 Å². The molecule has 0 aromatic rings.